The molecule has 5 heteroatoms. The van der Waals surface area contributed by atoms with E-state index in [1.807, 2.05) is 31.2 Å². The van der Waals surface area contributed by atoms with Crippen molar-refractivity contribution < 1.29 is 9.59 Å². The van der Waals surface area contributed by atoms with Gasteiger partial charge in [0.05, 0.1) is 22.3 Å². The van der Waals surface area contributed by atoms with Crippen molar-refractivity contribution in [2.75, 3.05) is 6.54 Å². The number of halogens is 1. The lowest BCUT2D eigenvalue weighted by Gasteiger charge is -2.35. The first-order valence-corrected chi connectivity index (χ1v) is 9.04. The molecule has 130 valence electrons. The van der Waals surface area contributed by atoms with Crippen molar-refractivity contribution in [1.29, 1.82) is 0 Å². The summed E-state index contributed by atoms with van der Waals surface area (Å²) in [6.45, 7) is 2.44. The minimum absolute atomic E-state index is 0.116. The molecule has 1 fully saturated rings. The highest BCUT2D eigenvalue weighted by Gasteiger charge is 2.32. The molecule has 0 saturated carbocycles. The summed E-state index contributed by atoms with van der Waals surface area (Å²) in [5, 5.41) is 0.401. The fraction of sp³-hybridized carbons (Fsp3) is 0.350. The fourth-order valence-electron chi connectivity index (χ4n) is 3.28. The molecule has 0 N–H and O–H groups in total. The summed E-state index contributed by atoms with van der Waals surface area (Å²) in [5.41, 5.74) is 2.05. The number of nitrogens with zero attached hydrogens (tertiary/aromatic N) is 2. The quantitative estimate of drug-likeness (QED) is 0.817. The number of aromatic nitrogens is 1. The molecule has 2 aromatic rings. The van der Waals surface area contributed by atoms with Crippen LogP contribution in [0.2, 0.25) is 5.02 Å². The topological polar surface area (TPSA) is 50.3 Å². The lowest BCUT2D eigenvalue weighted by Crippen LogP contribution is -2.47. The van der Waals surface area contributed by atoms with Crippen LogP contribution in [-0.4, -0.2) is 34.2 Å². The van der Waals surface area contributed by atoms with E-state index in [4.69, 9.17) is 11.6 Å². The van der Waals surface area contributed by atoms with E-state index in [2.05, 4.69) is 4.98 Å². The highest BCUT2D eigenvalue weighted by molar-refractivity contribution is 6.34. The Morgan fingerprint density at radius 2 is 2.08 bits per heavy atom. The standard InChI is InChI=1S/C20H21ClN2O2/c1-2-19(24)18-8-4-6-12-23(18)20(25)15-13-14(9-10-16(15)21)17-7-3-5-11-22-17/h3,5,7,9-11,13,18H,2,4,6,8,12H2,1H3. The summed E-state index contributed by atoms with van der Waals surface area (Å²) in [6, 6.07) is 10.7. The van der Waals surface area contributed by atoms with Crippen LogP contribution < -0.4 is 0 Å². The van der Waals surface area contributed by atoms with E-state index in [9.17, 15) is 9.59 Å². The first kappa shape index (κ1) is 17.6. The molecule has 0 aliphatic carbocycles. The third-order valence-corrected chi connectivity index (χ3v) is 4.97. The summed E-state index contributed by atoms with van der Waals surface area (Å²) in [4.78, 5) is 31.4. The van der Waals surface area contributed by atoms with Gasteiger partial charge in [0.2, 0.25) is 0 Å². The van der Waals surface area contributed by atoms with Crippen molar-refractivity contribution in [3.63, 3.8) is 0 Å². The minimum Gasteiger partial charge on any atom is -0.329 e. The van der Waals surface area contributed by atoms with Gasteiger partial charge in [0, 0.05) is 24.7 Å². The molecule has 0 spiro atoms. The molecule has 3 rings (SSSR count). The van der Waals surface area contributed by atoms with E-state index in [0.717, 1.165) is 30.5 Å². The van der Waals surface area contributed by atoms with Crippen LogP contribution in [0.25, 0.3) is 11.3 Å². The van der Waals surface area contributed by atoms with Crippen molar-refractivity contribution in [2.45, 2.75) is 38.6 Å². The molecule has 25 heavy (non-hydrogen) atoms. The molecule has 1 aliphatic rings. The fourth-order valence-corrected chi connectivity index (χ4v) is 3.48. The Morgan fingerprint density at radius 1 is 1.24 bits per heavy atom. The number of benzene rings is 1. The molecule has 1 amide bonds. The number of piperidine rings is 1. The number of pyridine rings is 1. The van der Waals surface area contributed by atoms with E-state index in [0.29, 0.717) is 23.6 Å². The van der Waals surface area contributed by atoms with Crippen LogP contribution in [0.4, 0.5) is 0 Å². The zero-order chi connectivity index (χ0) is 17.8. The second-order valence-corrected chi connectivity index (χ2v) is 6.65. The van der Waals surface area contributed by atoms with E-state index < -0.39 is 0 Å². The molecule has 2 heterocycles. The van der Waals surface area contributed by atoms with Gasteiger partial charge < -0.3 is 4.90 Å². The van der Waals surface area contributed by atoms with Gasteiger partial charge in [0.15, 0.2) is 5.78 Å². The van der Waals surface area contributed by atoms with Crippen molar-refractivity contribution >= 4 is 23.3 Å². The van der Waals surface area contributed by atoms with Gasteiger partial charge in [-0.3, -0.25) is 14.6 Å². The monoisotopic (exact) mass is 356 g/mol. The van der Waals surface area contributed by atoms with Gasteiger partial charge >= 0.3 is 0 Å². The number of carbonyl (C=O) groups excluding carboxylic acids is 2. The molecule has 1 atom stereocenters. The maximum absolute atomic E-state index is 13.1. The van der Waals surface area contributed by atoms with E-state index in [-0.39, 0.29) is 17.7 Å². The highest BCUT2D eigenvalue weighted by atomic mass is 35.5. The van der Waals surface area contributed by atoms with Crippen LogP contribution in [0.15, 0.2) is 42.6 Å². The Hall–Kier alpha value is -2.20. The van der Waals surface area contributed by atoms with Crippen molar-refractivity contribution in [3.05, 3.63) is 53.2 Å². The maximum Gasteiger partial charge on any atom is 0.256 e. The average molecular weight is 357 g/mol. The Kier molecular flexibility index (Phi) is 5.49. The van der Waals surface area contributed by atoms with Gasteiger partial charge in [-0.05, 0) is 43.5 Å². The van der Waals surface area contributed by atoms with Gasteiger partial charge in [-0.1, -0.05) is 30.7 Å². The zero-order valence-electron chi connectivity index (χ0n) is 14.2. The largest absolute Gasteiger partial charge is 0.329 e. The minimum atomic E-state index is -0.333. The molecular weight excluding hydrogens is 336 g/mol. The molecule has 1 aliphatic heterocycles. The summed E-state index contributed by atoms with van der Waals surface area (Å²) < 4.78 is 0. The van der Waals surface area contributed by atoms with Crippen LogP contribution >= 0.6 is 11.6 Å². The molecule has 1 aromatic heterocycles. The average Bonchev–Trinajstić information content (AvgIpc) is 2.68. The second kappa shape index (κ2) is 7.79. The number of likely N-dealkylation sites (tertiary alicyclic amines) is 1. The lowest BCUT2D eigenvalue weighted by molar-refractivity contribution is -0.124. The predicted octanol–water partition coefficient (Wildman–Crippen LogP) is 4.38. The van der Waals surface area contributed by atoms with Gasteiger partial charge in [0.1, 0.15) is 0 Å². The summed E-state index contributed by atoms with van der Waals surface area (Å²) in [5.74, 6) is -0.0562. The van der Waals surface area contributed by atoms with Crippen LogP contribution in [0, 0.1) is 0 Å². The first-order valence-electron chi connectivity index (χ1n) is 8.66. The van der Waals surface area contributed by atoms with Gasteiger partial charge in [0.25, 0.3) is 5.91 Å². The zero-order valence-corrected chi connectivity index (χ0v) is 15.0. The molecule has 0 bridgehead atoms. The molecular formula is C20H21ClN2O2. The number of Topliss-reactive ketones (excluding diaryl/α,β-unsaturated/α-hetero) is 1. The summed E-state index contributed by atoms with van der Waals surface area (Å²) in [6.07, 6.45) is 4.77. The van der Waals surface area contributed by atoms with Gasteiger partial charge in [-0.2, -0.15) is 0 Å². The smallest absolute Gasteiger partial charge is 0.256 e. The SMILES string of the molecule is CCC(=O)C1CCCCN1C(=O)c1cc(-c2ccccn2)ccc1Cl. The molecule has 0 radical (unpaired) electrons. The first-order chi connectivity index (χ1) is 12.1. The van der Waals surface area contributed by atoms with Crippen LogP contribution in [0.1, 0.15) is 43.0 Å². The third kappa shape index (κ3) is 3.74. The van der Waals surface area contributed by atoms with E-state index in [1.165, 1.54) is 0 Å². The second-order valence-electron chi connectivity index (χ2n) is 6.24. The Morgan fingerprint density at radius 3 is 2.80 bits per heavy atom. The number of hydrogen-bond acceptors (Lipinski definition) is 3. The van der Waals surface area contributed by atoms with Crippen molar-refractivity contribution in [1.82, 2.24) is 9.88 Å². The lowest BCUT2D eigenvalue weighted by atomic mass is 9.95. The normalized spacial score (nSPS) is 17.4. The highest BCUT2D eigenvalue weighted by Crippen LogP contribution is 2.28. The van der Waals surface area contributed by atoms with E-state index >= 15 is 0 Å². The van der Waals surface area contributed by atoms with Crippen LogP contribution in [0.5, 0.6) is 0 Å². The molecule has 1 unspecified atom stereocenters. The Balaban J connectivity index is 1.94. The van der Waals surface area contributed by atoms with E-state index in [1.54, 1.807) is 23.2 Å². The summed E-state index contributed by atoms with van der Waals surface area (Å²) >= 11 is 6.31. The van der Waals surface area contributed by atoms with Crippen LogP contribution in [0.3, 0.4) is 0 Å². The van der Waals surface area contributed by atoms with Gasteiger partial charge in [-0.25, -0.2) is 0 Å². The molecule has 1 aromatic carbocycles. The van der Waals surface area contributed by atoms with Crippen molar-refractivity contribution in [3.8, 4) is 11.3 Å². The number of rotatable bonds is 4. The number of ketones is 1. The molecule has 1 saturated heterocycles. The maximum atomic E-state index is 13.1. The van der Waals surface area contributed by atoms with Crippen LogP contribution in [-0.2, 0) is 4.79 Å². The third-order valence-electron chi connectivity index (χ3n) is 4.64. The van der Waals surface area contributed by atoms with Crippen molar-refractivity contribution in [2.24, 2.45) is 0 Å². The molecule has 4 nitrogen and oxygen atoms in total. The predicted molar refractivity (Wildman–Crippen MR) is 98.7 cm³/mol. The number of amides is 1. The Labute approximate surface area is 152 Å². The summed E-state index contributed by atoms with van der Waals surface area (Å²) in [7, 11) is 0. The Bertz CT molecular complexity index is 777. The number of carbonyl (C=O) groups is 2. The number of hydrogen-bond donors (Lipinski definition) is 0. The van der Waals surface area contributed by atoms with Gasteiger partial charge in [-0.15, -0.1) is 0 Å².